The highest BCUT2D eigenvalue weighted by molar-refractivity contribution is 6.11. The van der Waals surface area contributed by atoms with Gasteiger partial charge in [0.15, 0.2) is 0 Å². The van der Waals surface area contributed by atoms with E-state index in [9.17, 15) is 0 Å². The number of fused-ring (bicyclic) bond motifs is 4. The fourth-order valence-electron chi connectivity index (χ4n) is 8.02. The Morgan fingerprint density at radius 1 is 0.315 bits per heavy atom. The summed E-state index contributed by atoms with van der Waals surface area (Å²) in [6.45, 7) is 0. The zero-order chi connectivity index (χ0) is 35.8. The third-order valence-corrected chi connectivity index (χ3v) is 10.6. The quantitative estimate of drug-likeness (QED) is 0.162. The van der Waals surface area contributed by atoms with E-state index < -0.39 is 0 Å². The van der Waals surface area contributed by atoms with E-state index in [2.05, 4.69) is 228 Å². The number of para-hydroxylation sites is 3. The zero-order valence-electron chi connectivity index (χ0n) is 29.7. The smallest absolute Gasteiger partial charge is 0.0562 e. The van der Waals surface area contributed by atoms with E-state index in [0.717, 1.165) is 28.3 Å². The standard InChI is InChI=1S/C52H36N2/c1-4-16-37(17-5-1)41-30-33-51(48(35-41)42-29-28-38-18-10-11-21-40(38)34-42)53(43-22-8-3-9-23-43)44-31-32-47-46-25-13-15-27-50(46)54(52(47)36-44)49-26-14-12-24-45(49)39-19-6-2-7-20-39/h1-36H. The fourth-order valence-corrected chi connectivity index (χ4v) is 8.02. The highest BCUT2D eigenvalue weighted by Gasteiger charge is 2.21. The first-order valence-corrected chi connectivity index (χ1v) is 18.5. The third kappa shape index (κ3) is 5.53. The Balaban J connectivity index is 1.24. The molecule has 0 atom stereocenters. The molecule has 0 unspecified atom stereocenters. The Hall–Kier alpha value is -7.16. The van der Waals surface area contributed by atoms with Crippen LogP contribution in [-0.4, -0.2) is 4.57 Å². The second kappa shape index (κ2) is 13.4. The van der Waals surface area contributed by atoms with Crippen LogP contribution in [0.4, 0.5) is 17.1 Å². The van der Waals surface area contributed by atoms with Crippen LogP contribution in [0.1, 0.15) is 0 Å². The third-order valence-electron chi connectivity index (χ3n) is 10.6. The first kappa shape index (κ1) is 31.6. The van der Waals surface area contributed by atoms with Crippen LogP contribution in [0, 0.1) is 0 Å². The van der Waals surface area contributed by atoms with Crippen molar-refractivity contribution in [3.8, 4) is 39.1 Å². The van der Waals surface area contributed by atoms with E-state index in [4.69, 9.17) is 0 Å². The minimum absolute atomic E-state index is 1.09. The second-order valence-electron chi connectivity index (χ2n) is 13.8. The van der Waals surface area contributed by atoms with E-state index in [-0.39, 0.29) is 0 Å². The van der Waals surface area contributed by atoms with E-state index in [0.29, 0.717) is 0 Å². The van der Waals surface area contributed by atoms with Crippen molar-refractivity contribution >= 4 is 49.6 Å². The molecule has 9 aromatic carbocycles. The van der Waals surface area contributed by atoms with Crippen LogP contribution in [0.3, 0.4) is 0 Å². The predicted octanol–water partition coefficient (Wildman–Crippen LogP) is 14.4. The van der Waals surface area contributed by atoms with Crippen LogP contribution in [-0.2, 0) is 0 Å². The largest absolute Gasteiger partial charge is 0.310 e. The number of hydrogen-bond donors (Lipinski definition) is 0. The summed E-state index contributed by atoms with van der Waals surface area (Å²) in [5, 5.41) is 4.91. The second-order valence-corrected chi connectivity index (χ2v) is 13.8. The maximum atomic E-state index is 2.45. The van der Waals surface area contributed by atoms with Gasteiger partial charge in [-0.15, -0.1) is 0 Å². The molecule has 0 saturated carbocycles. The van der Waals surface area contributed by atoms with Crippen molar-refractivity contribution in [1.82, 2.24) is 4.57 Å². The maximum absolute atomic E-state index is 2.45. The number of rotatable bonds is 7. The molecule has 0 aliphatic heterocycles. The molecule has 2 heteroatoms. The highest BCUT2D eigenvalue weighted by atomic mass is 15.1. The van der Waals surface area contributed by atoms with Gasteiger partial charge in [0, 0.05) is 33.3 Å². The molecule has 10 aromatic rings. The molecule has 0 N–H and O–H groups in total. The molecule has 0 fully saturated rings. The number of hydrogen-bond acceptors (Lipinski definition) is 1. The van der Waals surface area contributed by atoms with Crippen molar-refractivity contribution in [2.75, 3.05) is 4.90 Å². The number of benzene rings is 9. The molecule has 0 radical (unpaired) electrons. The average Bonchev–Trinajstić information content (AvgIpc) is 3.58. The molecule has 1 aromatic heterocycles. The molecular weight excluding hydrogens is 653 g/mol. The molecule has 1 heterocycles. The number of aromatic nitrogens is 1. The van der Waals surface area contributed by atoms with Crippen LogP contribution in [0.15, 0.2) is 218 Å². The van der Waals surface area contributed by atoms with Crippen molar-refractivity contribution in [3.05, 3.63) is 218 Å². The molecule has 54 heavy (non-hydrogen) atoms. The molecule has 0 bridgehead atoms. The highest BCUT2D eigenvalue weighted by Crippen LogP contribution is 2.45. The van der Waals surface area contributed by atoms with Gasteiger partial charge in [0.05, 0.1) is 22.4 Å². The summed E-state index contributed by atoms with van der Waals surface area (Å²) in [4.78, 5) is 2.42. The van der Waals surface area contributed by atoms with Gasteiger partial charge in [-0.1, -0.05) is 164 Å². The summed E-state index contributed by atoms with van der Waals surface area (Å²) in [6, 6.07) is 79.0. The van der Waals surface area contributed by atoms with E-state index >= 15 is 0 Å². The lowest BCUT2D eigenvalue weighted by molar-refractivity contribution is 1.18. The Kier molecular flexibility index (Phi) is 7.85. The summed E-state index contributed by atoms with van der Waals surface area (Å²) in [6.07, 6.45) is 0. The molecule has 0 saturated heterocycles. The van der Waals surface area contributed by atoms with Crippen LogP contribution < -0.4 is 4.90 Å². The molecule has 0 amide bonds. The van der Waals surface area contributed by atoms with Crippen molar-refractivity contribution in [3.63, 3.8) is 0 Å². The minimum atomic E-state index is 1.09. The summed E-state index contributed by atoms with van der Waals surface area (Å²) in [5.74, 6) is 0. The van der Waals surface area contributed by atoms with Gasteiger partial charge in [-0.3, -0.25) is 0 Å². The van der Waals surface area contributed by atoms with Gasteiger partial charge in [-0.25, -0.2) is 0 Å². The van der Waals surface area contributed by atoms with E-state index in [1.54, 1.807) is 0 Å². The zero-order valence-corrected chi connectivity index (χ0v) is 29.7. The van der Waals surface area contributed by atoms with Gasteiger partial charge in [-0.2, -0.15) is 0 Å². The average molecular weight is 689 g/mol. The first-order chi connectivity index (χ1) is 26.8. The summed E-state index contributed by atoms with van der Waals surface area (Å²) >= 11 is 0. The molecule has 254 valence electrons. The monoisotopic (exact) mass is 688 g/mol. The van der Waals surface area contributed by atoms with Gasteiger partial charge in [0.25, 0.3) is 0 Å². The summed E-state index contributed by atoms with van der Waals surface area (Å²) < 4.78 is 2.45. The Bertz CT molecular complexity index is 2930. The maximum Gasteiger partial charge on any atom is 0.0562 e. The van der Waals surface area contributed by atoms with Crippen molar-refractivity contribution in [1.29, 1.82) is 0 Å². The summed E-state index contributed by atoms with van der Waals surface area (Å²) in [7, 11) is 0. The lowest BCUT2D eigenvalue weighted by atomic mass is 9.94. The number of anilines is 3. The molecule has 2 nitrogen and oxygen atoms in total. The Morgan fingerprint density at radius 3 is 1.76 bits per heavy atom. The SMILES string of the molecule is c1ccc(-c2ccc(N(c3ccccc3)c3ccc4c5ccccc5n(-c5ccccc5-c5ccccc5)c4c3)c(-c3ccc4ccccc4c3)c2)cc1. The summed E-state index contributed by atoms with van der Waals surface area (Å²) in [5.41, 5.74) is 13.9. The van der Waals surface area contributed by atoms with Crippen LogP contribution in [0.2, 0.25) is 0 Å². The van der Waals surface area contributed by atoms with Crippen molar-refractivity contribution in [2.24, 2.45) is 0 Å². The van der Waals surface area contributed by atoms with Gasteiger partial charge >= 0.3 is 0 Å². The van der Waals surface area contributed by atoms with Crippen molar-refractivity contribution in [2.45, 2.75) is 0 Å². The van der Waals surface area contributed by atoms with E-state index in [1.165, 1.54) is 60.4 Å². The van der Waals surface area contributed by atoms with Gasteiger partial charge in [0.2, 0.25) is 0 Å². The Morgan fingerprint density at radius 2 is 0.944 bits per heavy atom. The predicted molar refractivity (Wildman–Crippen MR) is 229 cm³/mol. The lowest BCUT2D eigenvalue weighted by Gasteiger charge is -2.29. The lowest BCUT2D eigenvalue weighted by Crippen LogP contribution is -2.11. The molecule has 10 rings (SSSR count). The van der Waals surface area contributed by atoms with Gasteiger partial charge in [-0.05, 0) is 87.6 Å². The Labute approximate surface area is 315 Å². The molecule has 0 aliphatic rings. The fraction of sp³-hybridized carbons (Fsp3) is 0. The first-order valence-electron chi connectivity index (χ1n) is 18.5. The van der Waals surface area contributed by atoms with Crippen molar-refractivity contribution < 1.29 is 0 Å². The minimum Gasteiger partial charge on any atom is -0.310 e. The molecular formula is C52H36N2. The normalized spacial score (nSPS) is 11.3. The van der Waals surface area contributed by atoms with Crippen LogP contribution >= 0.6 is 0 Å². The van der Waals surface area contributed by atoms with Gasteiger partial charge in [0.1, 0.15) is 0 Å². The van der Waals surface area contributed by atoms with Gasteiger partial charge < -0.3 is 9.47 Å². The van der Waals surface area contributed by atoms with E-state index in [1.807, 2.05) is 0 Å². The topological polar surface area (TPSA) is 8.17 Å². The number of nitrogens with zero attached hydrogens (tertiary/aromatic N) is 2. The molecule has 0 spiro atoms. The molecule has 0 aliphatic carbocycles. The van der Waals surface area contributed by atoms with Crippen LogP contribution in [0.25, 0.3) is 71.6 Å². The van der Waals surface area contributed by atoms with Crippen LogP contribution in [0.5, 0.6) is 0 Å².